The predicted molar refractivity (Wildman–Crippen MR) is 80.3 cm³/mol. The molecule has 0 saturated heterocycles. The lowest BCUT2D eigenvalue weighted by molar-refractivity contribution is -0.120. The van der Waals surface area contributed by atoms with Crippen molar-refractivity contribution in [1.82, 2.24) is 0 Å². The Labute approximate surface area is 120 Å². The summed E-state index contributed by atoms with van der Waals surface area (Å²) in [5.74, 6) is -0.206. The molecule has 0 aliphatic rings. The first-order chi connectivity index (χ1) is 7.86. The van der Waals surface area contributed by atoms with Gasteiger partial charge in [-0.2, -0.15) is 0 Å². The van der Waals surface area contributed by atoms with Gasteiger partial charge in [-0.1, -0.05) is 24.9 Å². The number of hydrogen-bond donors (Lipinski definition) is 2. The van der Waals surface area contributed by atoms with Crippen LogP contribution in [-0.2, 0) is 4.79 Å². The lowest BCUT2D eigenvalue weighted by Gasteiger charge is -2.23. The topological polar surface area (TPSA) is 55.1 Å². The molecule has 3 N–H and O–H groups in total. The number of hydrogen-bond acceptors (Lipinski definition) is 2. The molecule has 0 aliphatic heterocycles. The molecular formula is C12H16ClIN2O. The first-order valence-electron chi connectivity index (χ1n) is 5.42. The number of halogens is 2. The average molecular weight is 367 g/mol. The van der Waals surface area contributed by atoms with Gasteiger partial charge in [-0.15, -0.1) is 0 Å². The zero-order valence-electron chi connectivity index (χ0n) is 9.89. The molecule has 3 nitrogen and oxygen atoms in total. The maximum atomic E-state index is 12.0. The summed E-state index contributed by atoms with van der Waals surface area (Å²) >= 11 is 8.20. The Bertz CT molecular complexity index is 421. The maximum absolute atomic E-state index is 12.0. The molecule has 0 bridgehead atoms. The number of carbonyl (C=O) groups is 1. The number of rotatable bonds is 4. The van der Waals surface area contributed by atoms with Crippen molar-refractivity contribution in [2.45, 2.75) is 32.2 Å². The van der Waals surface area contributed by atoms with Crippen LogP contribution in [0.15, 0.2) is 18.2 Å². The van der Waals surface area contributed by atoms with Crippen LogP contribution in [0.25, 0.3) is 0 Å². The summed E-state index contributed by atoms with van der Waals surface area (Å²) in [6.45, 7) is 3.72. The lowest BCUT2D eigenvalue weighted by Crippen LogP contribution is -2.48. The summed E-state index contributed by atoms with van der Waals surface area (Å²) in [5.41, 5.74) is 5.68. The number of nitrogens with two attached hydrogens (primary N) is 1. The van der Waals surface area contributed by atoms with E-state index in [2.05, 4.69) is 27.9 Å². The van der Waals surface area contributed by atoms with Crippen LogP contribution in [0.5, 0.6) is 0 Å². The molecule has 0 aliphatic carbocycles. The van der Waals surface area contributed by atoms with Gasteiger partial charge in [0, 0.05) is 3.57 Å². The van der Waals surface area contributed by atoms with Gasteiger partial charge in [0.15, 0.2) is 0 Å². The molecule has 0 spiro atoms. The molecule has 1 amide bonds. The Morgan fingerprint density at radius 1 is 1.59 bits per heavy atom. The van der Waals surface area contributed by atoms with Gasteiger partial charge in [0.05, 0.1) is 16.2 Å². The minimum absolute atomic E-state index is 0.206. The molecule has 0 aromatic heterocycles. The van der Waals surface area contributed by atoms with Crippen molar-refractivity contribution in [2.75, 3.05) is 5.32 Å². The summed E-state index contributed by atoms with van der Waals surface area (Å²) in [4.78, 5) is 12.0. The van der Waals surface area contributed by atoms with E-state index in [1.807, 2.05) is 13.0 Å². The third-order valence-corrected chi connectivity index (χ3v) is 3.45. The van der Waals surface area contributed by atoms with Crippen LogP contribution < -0.4 is 11.1 Å². The second-order valence-corrected chi connectivity index (χ2v) is 5.90. The normalized spacial score (nSPS) is 14.2. The van der Waals surface area contributed by atoms with Crippen molar-refractivity contribution in [2.24, 2.45) is 5.73 Å². The number of benzene rings is 1. The van der Waals surface area contributed by atoms with E-state index in [1.54, 1.807) is 19.1 Å². The molecule has 1 rings (SSSR count). The third-order valence-electron chi connectivity index (χ3n) is 2.47. The number of carbonyl (C=O) groups excluding carboxylic acids is 1. The molecule has 1 aromatic carbocycles. The second-order valence-electron chi connectivity index (χ2n) is 4.25. The van der Waals surface area contributed by atoms with Gasteiger partial charge in [-0.3, -0.25) is 4.79 Å². The first-order valence-corrected chi connectivity index (χ1v) is 6.88. The fourth-order valence-corrected chi connectivity index (χ4v) is 2.39. The van der Waals surface area contributed by atoms with Crippen molar-refractivity contribution < 1.29 is 4.79 Å². The van der Waals surface area contributed by atoms with Crippen LogP contribution in [0.4, 0.5) is 5.69 Å². The molecule has 17 heavy (non-hydrogen) atoms. The Balaban J connectivity index is 2.81. The third kappa shape index (κ3) is 4.12. The van der Waals surface area contributed by atoms with Gasteiger partial charge in [0.25, 0.3) is 0 Å². The molecule has 94 valence electrons. The van der Waals surface area contributed by atoms with E-state index in [4.69, 9.17) is 17.3 Å². The fraction of sp³-hybridized carbons (Fsp3) is 0.417. The summed E-state index contributed by atoms with van der Waals surface area (Å²) in [5, 5.41) is 3.29. The van der Waals surface area contributed by atoms with Gasteiger partial charge in [0.1, 0.15) is 0 Å². The zero-order valence-corrected chi connectivity index (χ0v) is 12.8. The monoisotopic (exact) mass is 366 g/mol. The molecule has 0 radical (unpaired) electrons. The minimum atomic E-state index is -0.860. The highest BCUT2D eigenvalue weighted by Crippen LogP contribution is 2.25. The Morgan fingerprint density at radius 2 is 2.24 bits per heavy atom. The molecule has 0 fully saturated rings. The highest BCUT2D eigenvalue weighted by Gasteiger charge is 2.27. The molecule has 1 atom stereocenters. The molecule has 5 heteroatoms. The molecule has 1 aromatic rings. The summed E-state index contributed by atoms with van der Waals surface area (Å²) in [6, 6.07) is 5.46. The van der Waals surface area contributed by atoms with Crippen molar-refractivity contribution >= 4 is 45.8 Å². The van der Waals surface area contributed by atoms with Crippen molar-refractivity contribution in [1.29, 1.82) is 0 Å². The van der Waals surface area contributed by atoms with E-state index in [-0.39, 0.29) is 5.91 Å². The highest BCUT2D eigenvalue weighted by atomic mass is 127. The Morgan fingerprint density at radius 3 is 2.76 bits per heavy atom. The van der Waals surface area contributed by atoms with Crippen LogP contribution in [-0.4, -0.2) is 11.4 Å². The van der Waals surface area contributed by atoms with Gasteiger partial charge < -0.3 is 11.1 Å². The van der Waals surface area contributed by atoms with Crippen LogP contribution >= 0.6 is 34.2 Å². The van der Waals surface area contributed by atoms with Crippen molar-refractivity contribution in [3.8, 4) is 0 Å². The van der Waals surface area contributed by atoms with Crippen molar-refractivity contribution in [3.63, 3.8) is 0 Å². The first kappa shape index (κ1) is 14.7. The minimum Gasteiger partial charge on any atom is -0.323 e. The molecule has 0 heterocycles. The second kappa shape index (κ2) is 6.02. The van der Waals surface area contributed by atoms with Gasteiger partial charge in [-0.25, -0.2) is 0 Å². The van der Waals surface area contributed by atoms with Gasteiger partial charge in [-0.05, 0) is 54.1 Å². The van der Waals surface area contributed by atoms with Crippen molar-refractivity contribution in [3.05, 3.63) is 26.8 Å². The summed E-state index contributed by atoms with van der Waals surface area (Å²) in [7, 11) is 0. The van der Waals surface area contributed by atoms with E-state index in [0.29, 0.717) is 17.1 Å². The largest absolute Gasteiger partial charge is 0.323 e. The van der Waals surface area contributed by atoms with Crippen LogP contribution in [0.2, 0.25) is 5.02 Å². The van der Waals surface area contributed by atoms with Crippen LogP contribution in [0.3, 0.4) is 0 Å². The molecule has 0 saturated carbocycles. The zero-order chi connectivity index (χ0) is 13.1. The lowest BCUT2D eigenvalue weighted by atomic mass is 9.96. The van der Waals surface area contributed by atoms with E-state index < -0.39 is 5.54 Å². The van der Waals surface area contributed by atoms with E-state index in [9.17, 15) is 4.79 Å². The van der Waals surface area contributed by atoms with Gasteiger partial charge in [0.2, 0.25) is 5.91 Å². The average Bonchev–Trinajstić information content (AvgIpc) is 2.22. The standard InChI is InChI=1S/C12H16ClIN2O/c1-3-6-12(2,15)11(17)16-10-5-4-8(14)7-9(10)13/h4-5,7H,3,6,15H2,1-2H3,(H,16,17). The maximum Gasteiger partial charge on any atom is 0.244 e. The summed E-state index contributed by atoms with van der Waals surface area (Å²) in [6.07, 6.45) is 1.50. The fourth-order valence-electron chi connectivity index (χ4n) is 1.49. The predicted octanol–water partition coefficient (Wildman–Crippen LogP) is 3.40. The van der Waals surface area contributed by atoms with E-state index in [0.717, 1.165) is 9.99 Å². The highest BCUT2D eigenvalue weighted by molar-refractivity contribution is 14.1. The molecular weight excluding hydrogens is 351 g/mol. The number of nitrogens with one attached hydrogen (secondary N) is 1. The Kier molecular flexibility index (Phi) is 5.22. The Hall–Kier alpha value is -0.330. The number of amides is 1. The van der Waals surface area contributed by atoms with Crippen LogP contribution in [0, 0.1) is 3.57 Å². The smallest absolute Gasteiger partial charge is 0.244 e. The van der Waals surface area contributed by atoms with E-state index in [1.165, 1.54) is 0 Å². The van der Waals surface area contributed by atoms with E-state index >= 15 is 0 Å². The number of anilines is 1. The summed E-state index contributed by atoms with van der Waals surface area (Å²) < 4.78 is 1.02. The quantitative estimate of drug-likeness (QED) is 0.803. The molecule has 1 unspecified atom stereocenters. The SMILES string of the molecule is CCCC(C)(N)C(=O)Nc1ccc(I)cc1Cl. The van der Waals surface area contributed by atoms with Crippen LogP contribution in [0.1, 0.15) is 26.7 Å². The van der Waals surface area contributed by atoms with Gasteiger partial charge >= 0.3 is 0 Å².